The first-order chi connectivity index (χ1) is 9.32. The fourth-order valence-corrected chi connectivity index (χ4v) is 1.84. The lowest BCUT2D eigenvalue weighted by Crippen LogP contribution is -2.25. The van der Waals surface area contributed by atoms with Crippen molar-refractivity contribution < 1.29 is 18.0 Å². The van der Waals surface area contributed by atoms with Crippen LogP contribution in [0.25, 0.3) is 5.65 Å². The molecule has 0 aromatic carbocycles. The van der Waals surface area contributed by atoms with E-state index in [0.717, 1.165) is 16.7 Å². The van der Waals surface area contributed by atoms with Crippen LogP contribution in [-0.4, -0.2) is 26.4 Å². The summed E-state index contributed by atoms with van der Waals surface area (Å²) >= 11 is 11.0. The maximum absolute atomic E-state index is 12.7. The Morgan fingerprint density at radius 3 is 2.70 bits per heavy atom. The van der Waals surface area contributed by atoms with Gasteiger partial charge in [0, 0.05) is 6.20 Å². The van der Waals surface area contributed by atoms with E-state index in [9.17, 15) is 18.0 Å². The number of hydrogen-bond donors (Lipinski definition) is 1. The van der Waals surface area contributed by atoms with Crippen molar-refractivity contribution in [2.24, 2.45) is 0 Å². The second-order valence-electron chi connectivity index (χ2n) is 3.79. The van der Waals surface area contributed by atoms with E-state index in [1.165, 1.54) is 0 Å². The first kappa shape index (κ1) is 14.9. The quantitative estimate of drug-likeness (QED) is 0.880. The van der Waals surface area contributed by atoms with E-state index in [-0.39, 0.29) is 28.9 Å². The van der Waals surface area contributed by atoms with Crippen molar-refractivity contribution in [1.82, 2.24) is 19.9 Å². The Morgan fingerprint density at radius 2 is 2.10 bits per heavy atom. The third-order valence-electron chi connectivity index (χ3n) is 2.42. The van der Waals surface area contributed by atoms with Crippen LogP contribution in [0.4, 0.5) is 13.2 Å². The lowest BCUT2D eigenvalue weighted by atomic mass is 10.3. The minimum Gasteiger partial charge on any atom is -0.348 e. The molecule has 2 rings (SSSR count). The van der Waals surface area contributed by atoms with E-state index >= 15 is 0 Å². The summed E-state index contributed by atoms with van der Waals surface area (Å²) < 4.78 is 39.2. The number of nitrogens with one attached hydrogen (secondary N) is 1. The second-order valence-corrected chi connectivity index (χ2v) is 4.47. The molecule has 0 aliphatic carbocycles. The van der Waals surface area contributed by atoms with Crippen molar-refractivity contribution in [2.45, 2.75) is 12.7 Å². The molecule has 0 aliphatic heterocycles. The summed E-state index contributed by atoms with van der Waals surface area (Å²) in [4.78, 5) is 11.0. The topological polar surface area (TPSA) is 59.3 Å². The largest absolute Gasteiger partial charge is 0.417 e. The van der Waals surface area contributed by atoms with Crippen molar-refractivity contribution in [3.05, 3.63) is 28.7 Å². The van der Waals surface area contributed by atoms with Crippen molar-refractivity contribution in [3.63, 3.8) is 0 Å². The van der Waals surface area contributed by atoms with Crippen LogP contribution in [0, 0.1) is 0 Å². The lowest BCUT2D eigenvalue weighted by molar-refractivity contribution is -0.137. The number of carbonyl (C=O) groups is 1. The van der Waals surface area contributed by atoms with Crippen LogP contribution >= 0.6 is 23.2 Å². The number of amides is 1. The third kappa shape index (κ3) is 2.96. The van der Waals surface area contributed by atoms with Gasteiger partial charge < -0.3 is 5.32 Å². The number of hydrogen-bond acceptors (Lipinski definition) is 3. The number of carbonyl (C=O) groups excluding carboxylic acids is 1. The molecule has 2 heterocycles. The molecule has 0 bridgehead atoms. The molecule has 0 radical (unpaired) electrons. The number of halogens is 5. The SMILES string of the molecule is O=C(CCl)NCc1nnc2c(Cl)cc(C(F)(F)F)cn12. The van der Waals surface area contributed by atoms with E-state index in [2.05, 4.69) is 15.5 Å². The maximum Gasteiger partial charge on any atom is 0.417 e. The molecule has 10 heteroatoms. The molecule has 108 valence electrons. The molecule has 5 nitrogen and oxygen atoms in total. The summed E-state index contributed by atoms with van der Waals surface area (Å²) in [6, 6.07) is 0.771. The number of aromatic nitrogens is 3. The van der Waals surface area contributed by atoms with E-state index in [1.54, 1.807) is 0 Å². The average molecular weight is 327 g/mol. The second kappa shape index (κ2) is 5.45. The van der Waals surface area contributed by atoms with Gasteiger partial charge in [-0.25, -0.2) is 0 Å². The van der Waals surface area contributed by atoms with Gasteiger partial charge >= 0.3 is 6.18 Å². The lowest BCUT2D eigenvalue weighted by Gasteiger charge is -2.09. The highest BCUT2D eigenvalue weighted by molar-refractivity contribution is 6.33. The van der Waals surface area contributed by atoms with Crippen molar-refractivity contribution >= 4 is 34.8 Å². The highest BCUT2D eigenvalue weighted by Gasteiger charge is 2.32. The molecule has 0 spiro atoms. The van der Waals surface area contributed by atoms with Crippen LogP contribution in [0.5, 0.6) is 0 Å². The Morgan fingerprint density at radius 1 is 1.40 bits per heavy atom. The third-order valence-corrected chi connectivity index (χ3v) is 2.94. The minimum atomic E-state index is -4.54. The molecule has 1 amide bonds. The Hall–Kier alpha value is -1.54. The average Bonchev–Trinajstić information content (AvgIpc) is 2.78. The normalized spacial score (nSPS) is 11.8. The van der Waals surface area contributed by atoms with Crippen LogP contribution < -0.4 is 5.32 Å². The number of alkyl halides is 4. The standard InChI is InChI=1S/C10H7Cl2F3N4O/c11-2-8(20)16-3-7-17-18-9-6(12)1-5(4-19(7)9)10(13,14)15/h1,4H,2-3H2,(H,16,20). The summed E-state index contributed by atoms with van der Waals surface area (Å²) in [6.07, 6.45) is -3.72. The van der Waals surface area contributed by atoms with Gasteiger partial charge in [-0.05, 0) is 6.07 Å². The maximum atomic E-state index is 12.7. The zero-order valence-corrected chi connectivity index (χ0v) is 11.2. The highest BCUT2D eigenvalue weighted by Crippen LogP contribution is 2.32. The van der Waals surface area contributed by atoms with Crippen LogP contribution in [0.3, 0.4) is 0 Å². The van der Waals surface area contributed by atoms with Crippen LogP contribution in [0.15, 0.2) is 12.3 Å². The fraction of sp³-hybridized carbons (Fsp3) is 0.300. The predicted molar refractivity (Wildman–Crippen MR) is 65.6 cm³/mol. The number of nitrogens with zero attached hydrogens (tertiary/aromatic N) is 3. The summed E-state index contributed by atoms with van der Waals surface area (Å²) in [5, 5.41) is 9.57. The summed E-state index contributed by atoms with van der Waals surface area (Å²) in [6.45, 7) is -0.107. The van der Waals surface area contributed by atoms with Crippen LogP contribution in [0.2, 0.25) is 5.02 Å². The summed E-state index contributed by atoms with van der Waals surface area (Å²) in [5.74, 6) is -0.612. The smallest absolute Gasteiger partial charge is 0.348 e. The molecule has 1 N–H and O–H groups in total. The summed E-state index contributed by atoms with van der Waals surface area (Å²) in [7, 11) is 0. The molecule has 0 fully saturated rings. The van der Waals surface area contributed by atoms with Crippen molar-refractivity contribution in [3.8, 4) is 0 Å². The first-order valence-electron chi connectivity index (χ1n) is 5.26. The van der Waals surface area contributed by atoms with E-state index < -0.39 is 17.6 Å². The highest BCUT2D eigenvalue weighted by atomic mass is 35.5. The van der Waals surface area contributed by atoms with Crippen molar-refractivity contribution in [1.29, 1.82) is 0 Å². The Labute approximate surface area is 120 Å². The monoisotopic (exact) mass is 326 g/mol. The van der Waals surface area contributed by atoms with E-state index in [4.69, 9.17) is 23.2 Å². The van der Waals surface area contributed by atoms with Gasteiger partial charge in [0.25, 0.3) is 0 Å². The van der Waals surface area contributed by atoms with Crippen molar-refractivity contribution in [2.75, 3.05) is 5.88 Å². The molecule has 0 saturated heterocycles. The van der Waals surface area contributed by atoms with Gasteiger partial charge in [-0.1, -0.05) is 11.6 Å². The zero-order chi connectivity index (χ0) is 14.9. The number of fused-ring (bicyclic) bond motifs is 1. The molecule has 0 atom stereocenters. The molecule has 0 aliphatic rings. The van der Waals surface area contributed by atoms with Gasteiger partial charge in [0.2, 0.25) is 5.91 Å². The van der Waals surface area contributed by atoms with Crippen LogP contribution in [0.1, 0.15) is 11.4 Å². The Kier molecular flexibility index (Phi) is 4.05. The van der Waals surface area contributed by atoms with Gasteiger partial charge in [0.15, 0.2) is 11.5 Å². The van der Waals surface area contributed by atoms with E-state index in [1.807, 2.05) is 0 Å². The molecular weight excluding hydrogens is 320 g/mol. The molecule has 0 unspecified atom stereocenters. The predicted octanol–water partition coefficient (Wildman–Crippen LogP) is 2.26. The molecule has 2 aromatic rings. The molecular formula is C10H7Cl2F3N4O. The Balaban J connectivity index is 2.42. The Bertz CT molecular complexity index is 656. The van der Waals surface area contributed by atoms with Gasteiger partial charge in [-0.2, -0.15) is 13.2 Å². The molecule has 2 aromatic heterocycles. The van der Waals surface area contributed by atoms with Gasteiger partial charge in [0.1, 0.15) is 5.88 Å². The molecule has 20 heavy (non-hydrogen) atoms. The first-order valence-corrected chi connectivity index (χ1v) is 6.17. The van der Waals surface area contributed by atoms with Gasteiger partial charge in [-0.3, -0.25) is 9.20 Å². The minimum absolute atomic E-state index is 0.0785. The molecule has 0 saturated carbocycles. The number of rotatable bonds is 3. The van der Waals surface area contributed by atoms with Crippen LogP contribution in [-0.2, 0) is 17.5 Å². The van der Waals surface area contributed by atoms with Gasteiger partial charge in [-0.15, -0.1) is 21.8 Å². The van der Waals surface area contributed by atoms with E-state index in [0.29, 0.717) is 0 Å². The zero-order valence-electron chi connectivity index (χ0n) is 9.71. The van der Waals surface area contributed by atoms with Gasteiger partial charge in [0.05, 0.1) is 17.1 Å². The fourth-order valence-electron chi connectivity index (χ4n) is 1.50. The number of pyridine rings is 1. The summed E-state index contributed by atoms with van der Waals surface area (Å²) in [5.41, 5.74) is -0.852.